The molecule has 0 aromatic heterocycles. The van der Waals surface area contributed by atoms with Gasteiger partial charge in [0.1, 0.15) is 17.8 Å². The molecule has 3 aliphatic rings. The minimum Gasteiger partial charge on any atom is -0.496 e. The number of methoxy groups -OCH3 is 1. The van der Waals surface area contributed by atoms with Gasteiger partial charge in [0.2, 0.25) is 0 Å². The lowest BCUT2D eigenvalue weighted by Gasteiger charge is -2.37. The summed E-state index contributed by atoms with van der Waals surface area (Å²) in [6, 6.07) is 15.9. The highest BCUT2D eigenvalue weighted by atomic mass is 79.9. The van der Waals surface area contributed by atoms with E-state index < -0.39 is 11.8 Å². The predicted octanol–water partition coefficient (Wildman–Crippen LogP) is 6.52. The highest BCUT2D eigenvalue weighted by molar-refractivity contribution is 9.10. The minimum atomic E-state index is -0.619. The van der Waals surface area contributed by atoms with Crippen molar-refractivity contribution >= 4 is 33.4 Å². The van der Waals surface area contributed by atoms with E-state index in [0.29, 0.717) is 29.9 Å². The number of allylic oxidation sites excluding steroid dienone is 2. The summed E-state index contributed by atoms with van der Waals surface area (Å²) in [5, 5.41) is 0. The van der Waals surface area contributed by atoms with E-state index in [1.807, 2.05) is 43.3 Å². The number of hydrogen-bond donors (Lipinski definition) is 0. The first-order valence-electron chi connectivity index (χ1n) is 12.4. The summed E-state index contributed by atoms with van der Waals surface area (Å²) in [5.74, 6) is -0.473. The molecule has 3 atom stereocenters. The lowest BCUT2D eigenvalue weighted by molar-refractivity contribution is -0.151. The highest BCUT2D eigenvalue weighted by Crippen LogP contribution is 2.48. The zero-order valence-corrected chi connectivity index (χ0v) is 21.7. The van der Waals surface area contributed by atoms with Crippen LogP contribution >= 0.6 is 15.9 Å². The van der Waals surface area contributed by atoms with Crippen molar-refractivity contribution in [1.82, 2.24) is 0 Å². The smallest absolute Gasteiger partial charge is 0.315 e. The zero-order valence-electron chi connectivity index (χ0n) is 20.1. The molecule has 1 aliphatic heterocycles. The van der Waals surface area contributed by atoms with Crippen LogP contribution in [0.25, 0.3) is 0 Å². The van der Waals surface area contributed by atoms with Gasteiger partial charge in [0.25, 0.3) is 0 Å². The number of aliphatic imine (C=N–C) groups is 1. The average Bonchev–Trinajstić information content (AvgIpc) is 3.36. The molecular formula is C29H30BrNO4. The van der Waals surface area contributed by atoms with Crippen LogP contribution in [0.3, 0.4) is 0 Å². The average molecular weight is 536 g/mol. The Morgan fingerprint density at radius 1 is 1.03 bits per heavy atom. The van der Waals surface area contributed by atoms with E-state index in [2.05, 4.69) is 28.1 Å². The monoisotopic (exact) mass is 535 g/mol. The van der Waals surface area contributed by atoms with Gasteiger partial charge in [-0.1, -0.05) is 36.4 Å². The van der Waals surface area contributed by atoms with E-state index in [1.54, 1.807) is 7.11 Å². The molecule has 182 valence electrons. The largest absolute Gasteiger partial charge is 0.496 e. The molecule has 2 aromatic carbocycles. The van der Waals surface area contributed by atoms with Crippen LogP contribution in [0.1, 0.15) is 68.4 Å². The Kier molecular flexibility index (Phi) is 6.92. The second kappa shape index (κ2) is 10.1. The first-order chi connectivity index (χ1) is 17.0. The molecule has 0 N–H and O–H groups in total. The van der Waals surface area contributed by atoms with E-state index in [0.717, 1.165) is 47.0 Å². The van der Waals surface area contributed by atoms with Crippen LogP contribution in [0.4, 0.5) is 0 Å². The van der Waals surface area contributed by atoms with Gasteiger partial charge in [0, 0.05) is 29.3 Å². The van der Waals surface area contributed by atoms with Crippen molar-refractivity contribution in [3.8, 4) is 5.75 Å². The van der Waals surface area contributed by atoms with Crippen LogP contribution in [0.15, 0.2) is 69.3 Å². The highest BCUT2D eigenvalue weighted by Gasteiger charge is 2.45. The first kappa shape index (κ1) is 24.0. The van der Waals surface area contributed by atoms with E-state index in [-0.39, 0.29) is 23.8 Å². The lowest BCUT2D eigenvalue weighted by Crippen LogP contribution is -2.39. The van der Waals surface area contributed by atoms with Crippen LogP contribution in [0, 0.1) is 5.92 Å². The third kappa shape index (κ3) is 4.73. The molecule has 2 aliphatic carbocycles. The van der Waals surface area contributed by atoms with Crippen molar-refractivity contribution in [2.75, 3.05) is 7.11 Å². The molecule has 1 fully saturated rings. The number of carbonyl (C=O) groups is 2. The normalized spacial score (nSPS) is 24.7. The number of esters is 1. The summed E-state index contributed by atoms with van der Waals surface area (Å²) in [6.45, 7) is 1.90. The van der Waals surface area contributed by atoms with E-state index in [9.17, 15) is 9.59 Å². The van der Waals surface area contributed by atoms with E-state index >= 15 is 0 Å². The molecule has 5 nitrogen and oxygen atoms in total. The fourth-order valence-corrected chi connectivity index (χ4v) is 6.36. The number of benzene rings is 2. The van der Waals surface area contributed by atoms with Crippen molar-refractivity contribution in [2.24, 2.45) is 10.9 Å². The quantitative estimate of drug-likeness (QED) is 0.409. The van der Waals surface area contributed by atoms with Crippen molar-refractivity contribution in [3.05, 3.63) is 75.4 Å². The third-order valence-electron chi connectivity index (χ3n) is 7.53. The molecule has 0 spiro atoms. The maximum absolute atomic E-state index is 13.7. The molecule has 5 rings (SSSR count). The first-order valence-corrected chi connectivity index (χ1v) is 13.2. The summed E-state index contributed by atoms with van der Waals surface area (Å²) in [6.07, 6.45) is 5.02. The topological polar surface area (TPSA) is 65.0 Å². The van der Waals surface area contributed by atoms with E-state index in [1.165, 1.54) is 0 Å². The summed E-state index contributed by atoms with van der Waals surface area (Å²) in [4.78, 5) is 32.1. The number of carbonyl (C=O) groups excluding carboxylic acids is 2. The Morgan fingerprint density at radius 3 is 2.46 bits per heavy atom. The molecule has 35 heavy (non-hydrogen) atoms. The van der Waals surface area contributed by atoms with Crippen LogP contribution < -0.4 is 4.74 Å². The lowest BCUT2D eigenvalue weighted by atomic mass is 9.69. The Labute approximate surface area is 214 Å². The van der Waals surface area contributed by atoms with Gasteiger partial charge >= 0.3 is 5.97 Å². The number of nitrogens with zero attached hydrogens (tertiary/aromatic N) is 1. The van der Waals surface area contributed by atoms with Gasteiger partial charge in [-0.05, 0) is 84.1 Å². The maximum atomic E-state index is 13.7. The van der Waals surface area contributed by atoms with Crippen LogP contribution in [0.5, 0.6) is 5.75 Å². The standard InChI is InChI=1S/C29H30BrNO4/c1-17-26(29(33)35-21-10-6-7-11-21)27(19-12-13-25(34-2)22(30)14-19)28-23(31-17)15-20(16-24(28)32)18-8-4-3-5-9-18/h3-5,8-9,12-14,20-21,26-27H,6-7,10-11,15-16H2,1-2H3/t20-,26?,27+/m0/s1. The summed E-state index contributed by atoms with van der Waals surface area (Å²) in [5.41, 5.74) is 4.21. The van der Waals surface area contributed by atoms with Crippen molar-refractivity contribution in [2.45, 2.75) is 63.4 Å². The SMILES string of the molecule is COc1ccc([C@H]2C3=C(C[C@H](c4ccccc4)CC3=O)N=C(C)C2C(=O)OC2CCCC2)cc1Br. The fourth-order valence-electron chi connectivity index (χ4n) is 5.81. The third-order valence-corrected chi connectivity index (χ3v) is 8.15. The number of halogens is 1. The van der Waals surface area contributed by atoms with Crippen molar-refractivity contribution < 1.29 is 19.1 Å². The van der Waals surface area contributed by atoms with E-state index in [4.69, 9.17) is 14.5 Å². The second-order valence-electron chi connectivity index (χ2n) is 9.75. The Balaban J connectivity index is 1.56. The van der Waals surface area contributed by atoms with Gasteiger partial charge in [-0.3, -0.25) is 14.6 Å². The van der Waals surface area contributed by atoms with Gasteiger partial charge in [-0.2, -0.15) is 0 Å². The van der Waals surface area contributed by atoms with Crippen molar-refractivity contribution in [3.63, 3.8) is 0 Å². The second-order valence-corrected chi connectivity index (χ2v) is 10.6. The fraction of sp³-hybridized carbons (Fsp3) is 0.414. The summed E-state index contributed by atoms with van der Waals surface area (Å²) < 4.78 is 12.2. The molecule has 0 saturated heterocycles. The Morgan fingerprint density at radius 2 is 1.77 bits per heavy atom. The van der Waals surface area contributed by atoms with Crippen LogP contribution in [0.2, 0.25) is 0 Å². The number of ketones is 1. The molecule has 0 amide bonds. The van der Waals surface area contributed by atoms with Gasteiger partial charge in [0.05, 0.1) is 11.6 Å². The van der Waals surface area contributed by atoms with Gasteiger partial charge in [-0.25, -0.2) is 0 Å². The minimum absolute atomic E-state index is 0.0431. The molecule has 1 saturated carbocycles. The number of ether oxygens (including phenoxy) is 2. The Bertz CT molecular complexity index is 1200. The number of hydrogen-bond acceptors (Lipinski definition) is 5. The zero-order chi connectivity index (χ0) is 24.5. The van der Waals surface area contributed by atoms with Gasteiger partial charge < -0.3 is 9.47 Å². The molecule has 6 heteroatoms. The molecule has 2 aromatic rings. The summed E-state index contributed by atoms with van der Waals surface area (Å²) >= 11 is 3.59. The van der Waals surface area contributed by atoms with Gasteiger partial charge in [0.15, 0.2) is 5.78 Å². The Hall–Kier alpha value is -2.73. The molecule has 0 bridgehead atoms. The molecule has 1 unspecified atom stereocenters. The summed E-state index contributed by atoms with van der Waals surface area (Å²) in [7, 11) is 1.62. The molecular weight excluding hydrogens is 506 g/mol. The van der Waals surface area contributed by atoms with Crippen molar-refractivity contribution in [1.29, 1.82) is 0 Å². The number of Topliss-reactive ketones (excluding diaryl/α,β-unsaturated/α-hetero) is 1. The molecule has 1 heterocycles. The van der Waals surface area contributed by atoms with Crippen LogP contribution in [-0.4, -0.2) is 30.7 Å². The maximum Gasteiger partial charge on any atom is 0.315 e. The van der Waals surface area contributed by atoms with Crippen LogP contribution in [-0.2, 0) is 14.3 Å². The molecule has 0 radical (unpaired) electrons. The van der Waals surface area contributed by atoms with Gasteiger partial charge in [-0.15, -0.1) is 0 Å². The predicted molar refractivity (Wildman–Crippen MR) is 139 cm³/mol. The number of rotatable bonds is 5.